The van der Waals surface area contributed by atoms with Gasteiger partial charge in [-0.25, -0.2) is 4.98 Å². The Hall–Kier alpha value is -1.73. The van der Waals surface area contributed by atoms with Gasteiger partial charge in [-0.2, -0.15) is 0 Å². The molecule has 5 nitrogen and oxygen atoms in total. The lowest BCUT2D eigenvalue weighted by molar-refractivity contribution is -0.113. The van der Waals surface area contributed by atoms with Crippen molar-refractivity contribution in [1.82, 2.24) is 9.55 Å². The van der Waals surface area contributed by atoms with E-state index in [2.05, 4.69) is 10.3 Å². The maximum Gasteiger partial charge on any atom is 0.262 e. The van der Waals surface area contributed by atoms with E-state index in [0.717, 1.165) is 0 Å². The number of carbonyl (C=O) groups is 1. The van der Waals surface area contributed by atoms with Crippen LogP contribution in [-0.4, -0.2) is 21.2 Å². The molecule has 0 saturated carbocycles. The van der Waals surface area contributed by atoms with Crippen LogP contribution in [0.2, 0.25) is 15.1 Å². The number of aromatic nitrogens is 2. The molecule has 0 fully saturated rings. The summed E-state index contributed by atoms with van der Waals surface area (Å²) >= 11 is 19.2. The minimum atomic E-state index is -0.268. The number of amides is 1. The predicted octanol–water partition coefficient (Wildman–Crippen LogP) is 5.74. The number of rotatable bonds is 6. The SMILES string of the molecule is CC(C)Cn1c(SCC(=O)Nc2ccc(Cl)cc2Cl)nc2cc(Cl)ccc2c1=O. The van der Waals surface area contributed by atoms with Crippen LogP contribution in [0.4, 0.5) is 5.69 Å². The van der Waals surface area contributed by atoms with Crippen LogP contribution in [0.5, 0.6) is 0 Å². The van der Waals surface area contributed by atoms with Gasteiger partial charge < -0.3 is 5.32 Å². The molecule has 0 unspecified atom stereocenters. The lowest BCUT2D eigenvalue weighted by Crippen LogP contribution is -2.26. The number of hydrogen-bond acceptors (Lipinski definition) is 4. The Morgan fingerprint density at radius 3 is 2.52 bits per heavy atom. The third kappa shape index (κ3) is 5.45. The molecule has 0 aliphatic carbocycles. The summed E-state index contributed by atoms with van der Waals surface area (Å²) in [4.78, 5) is 29.9. The van der Waals surface area contributed by atoms with Gasteiger partial charge in [0.05, 0.1) is 27.4 Å². The number of halogens is 3. The molecular weight excluding hydrogens is 453 g/mol. The van der Waals surface area contributed by atoms with E-state index in [0.29, 0.717) is 43.4 Å². The van der Waals surface area contributed by atoms with Crippen molar-refractivity contribution >= 4 is 69.1 Å². The zero-order valence-corrected chi connectivity index (χ0v) is 18.8. The molecule has 1 N–H and O–H groups in total. The highest BCUT2D eigenvalue weighted by molar-refractivity contribution is 7.99. The van der Waals surface area contributed by atoms with Crippen LogP contribution in [-0.2, 0) is 11.3 Å². The molecule has 0 aliphatic heterocycles. The van der Waals surface area contributed by atoms with Crippen LogP contribution >= 0.6 is 46.6 Å². The Balaban J connectivity index is 1.86. The molecule has 1 amide bonds. The number of nitrogens with zero attached hydrogens (tertiary/aromatic N) is 2. The molecule has 9 heteroatoms. The van der Waals surface area contributed by atoms with Gasteiger partial charge in [0, 0.05) is 16.6 Å². The van der Waals surface area contributed by atoms with Gasteiger partial charge in [0.2, 0.25) is 5.91 Å². The van der Waals surface area contributed by atoms with E-state index in [1.54, 1.807) is 41.0 Å². The van der Waals surface area contributed by atoms with E-state index in [-0.39, 0.29) is 23.1 Å². The maximum absolute atomic E-state index is 12.9. The van der Waals surface area contributed by atoms with E-state index in [9.17, 15) is 9.59 Å². The topological polar surface area (TPSA) is 64.0 Å². The molecule has 0 atom stereocenters. The highest BCUT2D eigenvalue weighted by atomic mass is 35.5. The Bertz CT molecular complexity index is 1130. The predicted molar refractivity (Wildman–Crippen MR) is 122 cm³/mol. The van der Waals surface area contributed by atoms with E-state index in [1.807, 2.05) is 13.8 Å². The van der Waals surface area contributed by atoms with Gasteiger partial charge in [0.15, 0.2) is 5.16 Å². The first-order chi connectivity index (χ1) is 13.7. The fourth-order valence-corrected chi connectivity index (χ4v) is 4.15. The maximum atomic E-state index is 12.9. The van der Waals surface area contributed by atoms with Crippen LogP contribution in [0.25, 0.3) is 10.9 Å². The first kappa shape index (κ1) is 22.0. The minimum Gasteiger partial charge on any atom is -0.324 e. The second-order valence-corrected chi connectivity index (χ2v) is 9.05. The highest BCUT2D eigenvalue weighted by Crippen LogP contribution is 2.26. The summed E-state index contributed by atoms with van der Waals surface area (Å²) in [5.41, 5.74) is 0.828. The summed E-state index contributed by atoms with van der Waals surface area (Å²) < 4.78 is 1.61. The van der Waals surface area contributed by atoms with E-state index in [4.69, 9.17) is 34.8 Å². The molecule has 3 rings (SSSR count). The zero-order chi connectivity index (χ0) is 21.1. The zero-order valence-electron chi connectivity index (χ0n) is 15.7. The molecule has 0 radical (unpaired) electrons. The number of thioether (sulfide) groups is 1. The molecule has 152 valence electrons. The van der Waals surface area contributed by atoms with Gasteiger partial charge in [0.1, 0.15) is 0 Å². The largest absolute Gasteiger partial charge is 0.324 e. The monoisotopic (exact) mass is 469 g/mol. The highest BCUT2D eigenvalue weighted by Gasteiger charge is 2.15. The second-order valence-electron chi connectivity index (χ2n) is 6.83. The molecule has 0 aliphatic rings. The normalized spacial score (nSPS) is 11.2. The molecular formula is C20H18Cl3N3O2S. The summed E-state index contributed by atoms with van der Waals surface area (Å²) in [6.07, 6.45) is 0. The van der Waals surface area contributed by atoms with Crippen molar-refractivity contribution in [2.24, 2.45) is 5.92 Å². The lowest BCUT2D eigenvalue weighted by atomic mass is 10.2. The number of nitrogens with one attached hydrogen (secondary N) is 1. The van der Waals surface area contributed by atoms with Gasteiger partial charge in [-0.05, 0) is 42.3 Å². The molecule has 1 aromatic heterocycles. The van der Waals surface area contributed by atoms with E-state index in [1.165, 1.54) is 11.8 Å². The third-order valence-corrected chi connectivity index (χ3v) is 5.73. The molecule has 0 spiro atoms. The molecule has 2 aromatic carbocycles. The van der Waals surface area contributed by atoms with Crippen LogP contribution in [0.1, 0.15) is 13.8 Å². The number of anilines is 1. The lowest BCUT2D eigenvalue weighted by Gasteiger charge is -2.15. The minimum absolute atomic E-state index is 0.0650. The van der Waals surface area contributed by atoms with Gasteiger partial charge in [-0.3, -0.25) is 14.2 Å². The Morgan fingerprint density at radius 1 is 1.14 bits per heavy atom. The smallest absolute Gasteiger partial charge is 0.262 e. The van der Waals surface area contributed by atoms with Crippen molar-refractivity contribution in [1.29, 1.82) is 0 Å². The first-order valence-corrected chi connectivity index (χ1v) is 10.9. The number of fused-ring (bicyclic) bond motifs is 1. The van der Waals surface area contributed by atoms with Crippen LogP contribution in [0.3, 0.4) is 0 Å². The Kier molecular flexibility index (Phi) is 7.11. The van der Waals surface area contributed by atoms with Gasteiger partial charge in [0.25, 0.3) is 5.56 Å². The van der Waals surface area contributed by atoms with Crippen molar-refractivity contribution in [2.45, 2.75) is 25.5 Å². The van der Waals surface area contributed by atoms with Crippen molar-refractivity contribution < 1.29 is 4.79 Å². The summed E-state index contributed by atoms with van der Waals surface area (Å²) in [5.74, 6) is 0.0336. The number of benzene rings is 2. The summed E-state index contributed by atoms with van der Waals surface area (Å²) in [7, 11) is 0. The van der Waals surface area contributed by atoms with E-state index >= 15 is 0 Å². The molecule has 1 heterocycles. The Labute approximate surface area is 187 Å². The fourth-order valence-electron chi connectivity index (χ4n) is 2.72. The van der Waals surface area contributed by atoms with Gasteiger partial charge in [-0.1, -0.05) is 60.4 Å². The van der Waals surface area contributed by atoms with Gasteiger partial charge in [-0.15, -0.1) is 0 Å². The van der Waals surface area contributed by atoms with Crippen molar-refractivity contribution in [3.63, 3.8) is 0 Å². The van der Waals surface area contributed by atoms with Gasteiger partial charge >= 0.3 is 0 Å². The summed E-state index contributed by atoms with van der Waals surface area (Å²) in [5, 5.41) is 5.04. The quantitative estimate of drug-likeness (QED) is 0.368. The second kappa shape index (κ2) is 9.39. The standard InChI is InChI=1S/C20H18Cl3N3O2S/c1-11(2)9-26-19(28)14-5-3-13(22)8-17(14)25-20(26)29-10-18(27)24-16-6-4-12(21)7-15(16)23/h3-8,11H,9-10H2,1-2H3,(H,24,27). The molecule has 3 aromatic rings. The average molecular weight is 471 g/mol. The number of carbonyl (C=O) groups excluding carboxylic acids is 1. The molecule has 0 saturated heterocycles. The summed E-state index contributed by atoms with van der Waals surface area (Å²) in [6, 6.07) is 9.83. The molecule has 0 bridgehead atoms. The first-order valence-electron chi connectivity index (χ1n) is 8.82. The van der Waals surface area contributed by atoms with Crippen LogP contribution in [0.15, 0.2) is 46.3 Å². The van der Waals surface area contributed by atoms with E-state index < -0.39 is 0 Å². The van der Waals surface area contributed by atoms with Crippen molar-refractivity contribution in [2.75, 3.05) is 11.1 Å². The third-order valence-electron chi connectivity index (χ3n) is 3.97. The number of hydrogen-bond donors (Lipinski definition) is 1. The van der Waals surface area contributed by atoms with Crippen LogP contribution < -0.4 is 10.9 Å². The molecule has 29 heavy (non-hydrogen) atoms. The van der Waals surface area contributed by atoms with Crippen molar-refractivity contribution in [3.05, 3.63) is 61.8 Å². The van der Waals surface area contributed by atoms with Crippen molar-refractivity contribution in [3.8, 4) is 0 Å². The Morgan fingerprint density at radius 2 is 1.83 bits per heavy atom. The average Bonchev–Trinajstić information content (AvgIpc) is 2.64. The fraction of sp³-hybridized carbons (Fsp3) is 0.250. The summed E-state index contributed by atoms with van der Waals surface area (Å²) in [6.45, 7) is 4.53. The van der Waals surface area contributed by atoms with Crippen LogP contribution in [0, 0.1) is 5.92 Å².